The summed E-state index contributed by atoms with van der Waals surface area (Å²) in [5.41, 5.74) is 0. The smallest absolute Gasteiger partial charge is 0.735 e. The van der Waals surface area contributed by atoms with Crippen molar-refractivity contribution in [1.29, 1.82) is 0 Å². The van der Waals surface area contributed by atoms with E-state index in [9.17, 15) is 13.0 Å². The fraction of sp³-hybridized carbons (Fsp3) is 1.00. The molecule has 5 nitrogen and oxygen atoms in total. The maximum atomic E-state index is 10.7. The first-order valence-electron chi connectivity index (χ1n) is 4.36. The number of nitrogens with zero attached hydrogens (tertiary/aromatic N) is 1. The summed E-state index contributed by atoms with van der Waals surface area (Å²) in [6.45, 7) is 1.79. The standard InChI is InChI=1S/C7H16ClNO4S.K/c1-2-3-4-9(14(11,12)13)6-7(10)5-8;/h7,10H,2-6H2,1H3,(H,11,12,13);/q;+1/p-1. The molecule has 1 atom stereocenters. The zero-order valence-corrected chi connectivity index (χ0v) is 13.7. The molecule has 86 valence electrons. The molecule has 0 aromatic heterocycles. The first kappa shape index (κ1) is 19.1. The Morgan fingerprint density at radius 1 is 1.53 bits per heavy atom. The topological polar surface area (TPSA) is 80.7 Å². The summed E-state index contributed by atoms with van der Waals surface area (Å²) in [7, 11) is -4.48. The van der Waals surface area contributed by atoms with Crippen LogP contribution in [0.5, 0.6) is 0 Å². The zero-order valence-electron chi connectivity index (χ0n) is 9.02. The molecule has 0 fully saturated rings. The number of unbranched alkanes of at least 4 members (excludes halogenated alkanes) is 1. The molecule has 0 aliphatic heterocycles. The van der Waals surface area contributed by atoms with Gasteiger partial charge in [0.2, 0.25) is 0 Å². The third-order valence-corrected chi connectivity index (χ3v) is 2.99. The molecule has 0 spiro atoms. The van der Waals surface area contributed by atoms with Gasteiger partial charge in [-0.05, 0) is 6.42 Å². The number of hydrogen-bond donors (Lipinski definition) is 1. The quantitative estimate of drug-likeness (QED) is 0.310. The fourth-order valence-corrected chi connectivity index (χ4v) is 1.72. The SMILES string of the molecule is CCCCN(CC(O)CCl)S(=O)(=O)[O-].[K+]. The van der Waals surface area contributed by atoms with E-state index in [2.05, 4.69) is 0 Å². The average Bonchev–Trinajstić information content (AvgIpc) is 2.09. The predicted molar refractivity (Wildman–Crippen MR) is 52.9 cm³/mol. The maximum Gasteiger partial charge on any atom is 1.00 e. The Labute approximate surface area is 138 Å². The molecule has 1 unspecified atom stereocenters. The van der Waals surface area contributed by atoms with Crippen LogP contribution in [-0.2, 0) is 10.3 Å². The Balaban J connectivity index is 0. The minimum atomic E-state index is -4.48. The van der Waals surface area contributed by atoms with Gasteiger partial charge in [0.1, 0.15) is 0 Å². The van der Waals surface area contributed by atoms with Crippen LogP contribution < -0.4 is 51.4 Å². The molecule has 1 N–H and O–H groups in total. The van der Waals surface area contributed by atoms with Crippen LogP contribution in [0.3, 0.4) is 0 Å². The summed E-state index contributed by atoms with van der Waals surface area (Å²) < 4.78 is 32.8. The van der Waals surface area contributed by atoms with E-state index in [1.165, 1.54) is 0 Å². The van der Waals surface area contributed by atoms with E-state index in [1.807, 2.05) is 6.92 Å². The number of halogens is 1. The molecule has 0 saturated carbocycles. The molecule has 15 heavy (non-hydrogen) atoms. The van der Waals surface area contributed by atoms with E-state index in [-0.39, 0.29) is 70.4 Å². The van der Waals surface area contributed by atoms with Gasteiger partial charge in [-0.25, -0.2) is 12.7 Å². The Morgan fingerprint density at radius 2 is 2.07 bits per heavy atom. The van der Waals surface area contributed by atoms with Gasteiger partial charge < -0.3 is 9.66 Å². The molecule has 0 bridgehead atoms. The van der Waals surface area contributed by atoms with Crippen LogP contribution in [0.2, 0.25) is 0 Å². The molecule has 0 radical (unpaired) electrons. The normalized spacial score (nSPS) is 13.7. The molecule has 0 amide bonds. The molecule has 0 heterocycles. The largest absolute Gasteiger partial charge is 1.00 e. The van der Waals surface area contributed by atoms with Crippen LogP contribution in [0, 0.1) is 0 Å². The number of hydrogen-bond acceptors (Lipinski definition) is 4. The van der Waals surface area contributed by atoms with E-state index in [1.54, 1.807) is 0 Å². The van der Waals surface area contributed by atoms with E-state index in [0.29, 0.717) is 10.7 Å². The van der Waals surface area contributed by atoms with Gasteiger partial charge in [0.05, 0.1) is 6.10 Å². The maximum absolute atomic E-state index is 10.7. The Bertz CT molecular complexity index is 249. The number of alkyl halides is 1. The zero-order chi connectivity index (χ0) is 11.2. The number of aliphatic hydroxyl groups excluding tert-OH is 1. The van der Waals surface area contributed by atoms with Crippen molar-refractivity contribution >= 4 is 21.9 Å². The fourth-order valence-electron chi connectivity index (χ4n) is 0.913. The second kappa shape index (κ2) is 9.75. The third kappa shape index (κ3) is 9.46. The van der Waals surface area contributed by atoms with Gasteiger partial charge in [-0.3, -0.25) is 0 Å². The molecule has 0 aromatic rings. The number of rotatable bonds is 7. The molecule has 0 aromatic carbocycles. The monoisotopic (exact) mass is 283 g/mol. The van der Waals surface area contributed by atoms with Gasteiger partial charge >= 0.3 is 51.4 Å². The summed E-state index contributed by atoms with van der Waals surface area (Å²) in [6.07, 6.45) is 0.386. The second-order valence-corrected chi connectivity index (χ2v) is 4.66. The molecule has 0 aliphatic rings. The van der Waals surface area contributed by atoms with Crippen molar-refractivity contribution in [3.63, 3.8) is 0 Å². The molecule has 8 heteroatoms. The summed E-state index contributed by atoms with van der Waals surface area (Å²) in [4.78, 5) is 0. The van der Waals surface area contributed by atoms with Gasteiger partial charge in [-0.1, -0.05) is 13.3 Å². The van der Waals surface area contributed by atoms with Crippen molar-refractivity contribution in [2.24, 2.45) is 0 Å². The van der Waals surface area contributed by atoms with Gasteiger partial charge in [0.15, 0.2) is 10.3 Å². The van der Waals surface area contributed by atoms with Crippen LogP contribution in [0.1, 0.15) is 19.8 Å². The minimum absolute atomic E-state index is 0. The van der Waals surface area contributed by atoms with Crippen LogP contribution >= 0.6 is 11.6 Å². The van der Waals surface area contributed by atoms with Gasteiger partial charge in [0.25, 0.3) is 0 Å². The molecule has 0 aliphatic carbocycles. The Hall–Kier alpha value is 1.76. The van der Waals surface area contributed by atoms with E-state index in [0.717, 1.165) is 6.42 Å². The average molecular weight is 284 g/mol. The molecular weight excluding hydrogens is 269 g/mol. The second-order valence-electron chi connectivity index (χ2n) is 2.98. The summed E-state index contributed by atoms with van der Waals surface area (Å²) in [5.74, 6) is -0.0852. The Kier molecular flexibility index (Phi) is 12.4. The van der Waals surface area contributed by atoms with E-state index in [4.69, 9.17) is 16.7 Å². The summed E-state index contributed by atoms with van der Waals surface area (Å²) in [6, 6.07) is 0. The van der Waals surface area contributed by atoms with Crippen molar-refractivity contribution in [2.45, 2.75) is 25.9 Å². The van der Waals surface area contributed by atoms with Crippen LogP contribution in [0.4, 0.5) is 0 Å². The van der Waals surface area contributed by atoms with Gasteiger partial charge in [0, 0.05) is 19.0 Å². The van der Waals surface area contributed by atoms with E-state index < -0.39 is 16.4 Å². The van der Waals surface area contributed by atoms with Gasteiger partial charge in [-0.2, -0.15) is 0 Å². The van der Waals surface area contributed by atoms with Crippen molar-refractivity contribution in [1.82, 2.24) is 4.31 Å². The summed E-state index contributed by atoms with van der Waals surface area (Å²) in [5, 5.41) is 9.11. The van der Waals surface area contributed by atoms with Crippen molar-refractivity contribution in [3.8, 4) is 0 Å². The minimum Gasteiger partial charge on any atom is -0.735 e. The third-order valence-electron chi connectivity index (χ3n) is 1.67. The first-order chi connectivity index (χ1) is 6.41. The molecule has 0 rings (SSSR count). The van der Waals surface area contributed by atoms with Crippen molar-refractivity contribution < 1.29 is 69.5 Å². The van der Waals surface area contributed by atoms with Crippen LogP contribution in [-0.4, -0.2) is 47.5 Å². The van der Waals surface area contributed by atoms with Crippen molar-refractivity contribution in [3.05, 3.63) is 0 Å². The van der Waals surface area contributed by atoms with Gasteiger partial charge in [-0.15, -0.1) is 11.6 Å². The van der Waals surface area contributed by atoms with Crippen LogP contribution in [0.25, 0.3) is 0 Å². The van der Waals surface area contributed by atoms with E-state index >= 15 is 0 Å². The number of aliphatic hydroxyl groups is 1. The summed E-state index contributed by atoms with van der Waals surface area (Å²) >= 11 is 5.31. The molecular formula is C7H15ClKNO4S. The Morgan fingerprint density at radius 3 is 2.40 bits per heavy atom. The predicted octanol–water partition coefficient (Wildman–Crippen LogP) is -2.85. The first-order valence-corrected chi connectivity index (χ1v) is 6.26. The van der Waals surface area contributed by atoms with Crippen molar-refractivity contribution in [2.75, 3.05) is 19.0 Å². The van der Waals surface area contributed by atoms with Crippen LogP contribution in [0.15, 0.2) is 0 Å². The molecule has 0 saturated heterocycles.